The third-order valence-corrected chi connectivity index (χ3v) is 11.1. The topological polar surface area (TPSA) is 131 Å². The third-order valence-electron chi connectivity index (χ3n) is 11.1. The molecule has 11 heteroatoms. The standard InChI is InChI=1S/C26H37N5O.C13H12N2O3.C2H6/c1-18(2)22-13-27-26(28-14-22)29-23-7-9-31(10-8-23)24-5-3-19(4-6-24)15-30-16-20-11-25(32)12-21(20)17-30;16-11-6-5-10(12(17)14-11)15-7-8-3-1-2-4-9(8)13(15)18;1-2/h3-6,13-14,18,20-21,23,25,32H,7-12,15-17H2,1-2H3,(H,27,28,29);1-4,10H,5-7H2,(H,14,16,17);1-2H3/t20-,21+,25?;;. The molecule has 278 valence electrons. The normalized spacial score (nSPS) is 24.5. The zero-order valence-electron chi connectivity index (χ0n) is 31.1. The molecule has 4 fully saturated rings. The second-order valence-corrected chi connectivity index (χ2v) is 15.0. The number of piperidine rings is 2. The van der Waals surface area contributed by atoms with Crippen LogP contribution in [0, 0.1) is 11.8 Å². The molecule has 5 heterocycles. The van der Waals surface area contributed by atoms with Crippen molar-refractivity contribution < 1.29 is 19.5 Å². The van der Waals surface area contributed by atoms with Crippen molar-refractivity contribution in [3.8, 4) is 0 Å². The highest BCUT2D eigenvalue weighted by atomic mass is 16.3. The van der Waals surface area contributed by atoms with Crippen LogP contribution in [-0.2, 0) is 22.7 Å². The second-order valence-electron chi connectivity index (χ2n) is 15.0. The molecule has 2 aromatic carbocycles. The van der Waals surface area contributed by atoms with Gasteiger partial charge < -0.3 is 20.2 Å². The number of amides is 3. The van der Waals surface area contributed by atoms with Crippen molar-refractivity contribution in [2.24, 2.45) is 11.8 Å². The molecule has 0 spiro atoms. The van der Waals surface area contributed by atoms with E-state index in [0.717, 1.165) is 69.9 Å². The maximum Gasteiger partial charge on any atom is 0.255 e. The lowest BCUT2D eigenvalue weighted by Gasteiger charge is -2.34. The number of hydrogen-bond donors (Lipinski definition) is 3. The quantitative estimate of drug-likeness (QED) is 0.278. The lowest BCUT2D eigenvalue weighted by Crippen LogP contribution is -2.52. The lowest BCUT2D eigenvalue weighted by molar-refractivity contribution is -0.136. The predicted molar refractivity (Wildman–Crippen MR) is 203 cm³/mol. The van der Waals surface area contributed by atoms with Gasteiger partial charge in [0.05, 0.1) is 6.10 Å². The van der Waals surface area contributed by atoms with Gasteiger partial charge in [-0.25, -0.2) is 9.97 Å². The fourth-order valence-electron chi connectivity index (χ4n) is 8.25. The molecule has 0 bridgehead atoms. The SMILES string of the molecule is CC.CC(C)c1cnc(NC2CCN(c3ccc(CN4C[C@H]5CC(O)C[C@H]5C4)cc3)CC2)nc1.O=C1CCC(N2Cc3ccccc3C2=O)C(=O)N1. The summed E-state index contributed by atoms with van der Waals surface area (Å²) in [7, 11) is 0. The number of benzene rings is 2. The second kappa shape index (κ2) is 17.0. The van der Waals surface area contributed by atoms with E-state index in [4.69, 9.17) is 0 Å². The van der Waals surface area contributed by atoms with Gasteiger partial charge in [-0.1, -0.05) is 58.0 Å². The number of nitrogens with one attached hydrogen (secondary N) is 2. The van der Waals surface area contributed by atoms with Crippen LogP contribution in [0.15, 0.2) is 60.9 Å². The summed E-state index contributed by atoms with van der Waals surface area (Å²) in [5.41, 5.74) is 5.49. The van der Waals surface area contributed by atoms with Gasteiger partial charge in [-0.2, -0.15) is 0 Å². The van der Waals surface area contributed by atoms with E-state index < -0.39 is 6.04 Å². The van der Waals surface area contributed by atoms with Gasteiger partial charge in [0.2, 0.25) is 17.8 Å². The van der Waals surface area contributed by atoms with Gasteiger partial charge in [-0.05, 0) is 84.7 Å². The molecule has 3 amide bonds. The number of carbonyl (C=O) groups excluding carboxylic acids is 3. The first-order valence-electron chi connectivity index (χ1n) is 19.3. The number of hydrogen-bond acceptors (Lipinski definition) is 9. The van der Waals surface area contributed by atoms with Crippen molar-refractivity contribution in [3.05, 3.63) is 83.2 Å². The summed E-state index contributed by atoms with van der Waals surface area (Å²) in [6.07, 6.45) is 8.72. The zero-order valence-corrected chi connectivity index (χ0v) is 31.1. The van der Waals surface area contributed by atoms with Gasteiger partial charge >= 0.3 is 0 Å². The summed E-state index contributed by atoms with van der Waals surface area (Å²) in [4.78, 5) is 50.6. The first-order chi connectivity index (χ1) is 25.2. The van der Waals surface area contributed by atoms with Gasteiger partial charge in [-0.15, -0.1) is 0 Å². The Bertz CT molecular complexity index is 1660. The average molecular weight is 710 g/mol. The predicted octanol–water partition coefficient (Wildman–Crippen LogP) is 5.36. The number of aliphatic hydroxyl groups excluding tert-OH is 1. The third kappa shape index (κ3) is 8.81. The van der Waals surface area contributed by atoms with Gasteiger partial charge in [0.25, 0.3) is 5.91 Å². The van der Waals surface area contributed by atoms with E-state index >= 15 is 0 Å². The smallest absolute Gasteiger partial charge is 0.255 e. The maximum absolute atomic E-state index is 12.2. The molecule has 4 atom stereocenters. The van der Waals surface area contributed by atoms with Crippen LogP contribution in [-0.4, -0.2) is 87.0 Å². The molecule has 2 unspecified atom stereocenters. The Morgan fingerprint density at radius 3 is 2.17 bits per heavy atom. The number of rotatable bonds is 7. The van der Waals surface area contributed by atoms with Crippen molar-refractivity contribution in [2.75, 3.05) is 36.4 Å². The summed E-state index contributed by atoms with van der Waals surface area (Å²) in [6.45, 7) is 14.2. The van der Waals surface area contributed by atoms with Crippen LogP contribution >= 0.6 is 0 Å². The summed E-state index contributed by atoms with van der Waals surface area (Å²) < 4.78 is 0. The zero-order chi connectivity index (χ0) is 36.8. The number of imide groups is 1. The first-order valence-corrected chi connectivity index (χ1v) is 19.3. The molecule has 1 saturated carbocycles. The molecule has 52 heavy (non-hydrogen) atoms. The molecule has 8 rings (SSSR count). The maximum atomic E-state index is 12.2. The van der Waals surface area contributed by atoms with Crippen LogP contribution in [0.4, 0.5) is 11.6 Å². The summed E-state index contributed by atoms with van der Waals surface area (Å²) >= 11 is 0. The van der Waals surface area contributed by atoms with E-state index in [-0.39, 0.29) is 30.2 Å². The Kier molecular flexibility index (Phi) is 12.2. The van der Waals surface area contributed by atoms with Crippen LogP contribution in [0.5, 0.6) is 0 Å². The molecule has 3 aromatic rings. The summed E-state index contributed by atoms with van der Waals surface area (Å²) in [5.74, 6) is 1.86. The largest absolute Gasteiger partial charge is 0.393 e. The minimum atomic E-state index is -0.525. The van der Waals surface area contributed by atoms with Crippen LogP contribution in [0.3, 0.4) is 0 Å². The molecule has 4 aliphatic heterocycles. The molecule has 1 aromatic heterocycles. The molecule has 5 aliphatic rings. The van der Waals surface area contributed by atoms with Crippen molar-refractivity contribution in [2.45, 2.75) is 103 Å². The highest BCUT2D eigenvalue weighted by Crippen LogP contribution is 2.38. The lowest BCUT2D eigenvalue weighted by atomic mass is 10.0. The molecule has 0 radical (unpaired) electrons. The monoisotopic (exact) mass is 709 g/mol. The van der Waals surface area contributed by atoms with E-state index in [9.17, 15) is 19.5 Å². The van der Waals surface area contributed by atoms with Crippen LogP contribution in [0.2, 0.25) is 0 Å². The number of aliphatic hydroxyl groups is 1. The van der Waals surface area contributed by atoms with Gasteiger partial charge in [0.1, 0.15) is 6.04 Å². The van der Waals surface area contributed by atoms with Crippen LogP contribution in [0.25, 0.3) is 0 Å². The highest BCUT2D eigenvalue weighted by Gasteiger charge is 2.40. The fraction of sp³-hybridized carbons (Fsp3) is 0.537. The van der Waals surface area contributed by atoms with Crippen molar-refractivity contribution in [1.82, 2.24) is 25.1 Å². The minimum Gasteiger partial charge on any atom is -0.393 e. The Morgan fingerprint density at radius 2 is 1.56 bits per heavy atom. The van der Waals surface area contributed by atoms with Crippen molar-refractivity contribution >= 4 is 29.4 Å². The Morgan fingerprint density at radius 1 is 0.904 bits per heavy atom. The molecule has 3 N–H and O–H groups in total. The summed E-state index contributed by atoms with van der Waals surface area (Å²) in [6, 6.07) is 16.4. The molecule has 3 saturated heterocycles. The van der Waals surface area contributed by atoms with E-state index in [0.29, 0.717) is 42.3 Å². The number of likely N-dealkylation sites (tertiary alicyclic amines) is 1. The molecule has 11 nitrogen and oxygen atoms in total. The van der Waals surface area contributed by atoms with Crippen LogP contribution < -0.4 is 15.5 Å². The van der Waals surface area contributed by atoms with Crippen molar-refractivity contribution in [3.63, 3.8) is 0 Å². The van der Waals surface area contributed by atoms with E-state index in [1.807, 2.05) is 44.4 Å². The van der Waals surface area contributed by atoms with Gasteiger partial charge in [-0.3, -0.25) is 24.6 Å². The minimum absolute atomic E-state index is 0.0521. The van der Waals surface area contributed by atoms with Gasteiger partial charge in [0.15, 0.2) is 0 Å². The average Bonchev–Trinajstić information content (AvgIpc) is 3.80. The Hall–Kier alpha value is -4.35. The van der Waals surface area contributed by atoms with E-state index in [2.05, 4.69) is 68.5 Å². The van der Waals surface area contributed by atoms with Gasteiger partial charge in [0, 0.05) is 75.4 Å². The van der Waals surface area contributed by atoms with Crippen LogP contribution in [0.1, 0.15) is 99.2 Å². The summed E-state index contributed by atoms with van der Waals surface area (Å²) in [5, 5.41) is 15.6. The number of anilines is 2. The number of nitrogens with zero attached hydrogens (tertiary/aromatic N) is 5. The number of fused-ring (bicyclic) bond motifs is 2. The molecule has 1 aliphatic carbocycles. The van der Waals surface area contributed by atoms with Crippen molar-refractivity contribution in [1.29, 1.82) is 0 Å². The van der Waals surface area contributed by atoms with E-state index in [1.54, 1.807) is 11.0 Å². The first kappa shape index (κ1) is 37.4. The van der Waals surface area contributed by atoms with E-state index in [1.165, 1.54) is 16.8 Å². The number of carbonyl (C=O) groups is 3. The Balaban J connectivity index is 0.000000196. The fourth-order valence-corrected chi connectivity index (χ4v) is 8.25. The molecular weight excluding hydrogens is 654 g/mol. The molecular formula is C41H55N7O4. The number of aromatic nitrogens is 2. The highest BCUT2D eigenvalue weighted by molar-refractivity contribution is 6.05. The Labute approximate surface area is 308 Å².